The minimum atomic E-state index is -1.74. The number of hydrogen-bond acceptors (Lipinski definition) is 2. The maximum atomic E-state index is 5.07. The molecule has 0 atom stereocenters. The van der Waals surface area contributed by atoms with Gasteiger partial charge in [-0.05, 0) is 62.0 Å². The predicted octanol–water partition coefficient (Wildman–Crippen LogP) is 9.61. The largest absolute Gasteiger partial charge is 0.228 e. The molecule has 2 heterocycles. The fourth-order valence-electron chi connectivity index (χ4n) is 6.79. The Hall–Kier alpha value is -5.38. The second kappa shape index (κ2) is 11.0. The van der Waals surface area contributed by atoms with E-state index in [2.05, 4.69) is 159 Å². The maximum absolute atomic E-state index is 5.07. The highest BCUT2D eigenvalue weighted by molar-refractivity contribution is 7.04. The highest BCUT2D eigenvalue weighted by Gasteiger charge is 2.38. The lowest BCUT2D eigenvalue weighted by Crippen LogP contribution is -2.49. The van der Waals surface area contributed by atoms with Crippen LogP contribution in [-0.2, 0) is 0 Å². The van der Waals surface area contributed by atoms with E-state index in [4.69, 9.17) is 9.97 Å². The molecule has 0 saturated heterocycles. The van der Waals surface area contributed by atoms with E-state index in [-0.39, 0.29) is 0 Å². The molecule has 6 aromatic carbocycles. The lowest BCUT2D eigenvalue weighted by molar-refractivity contribution is 1.18. The summed E-state index contributed by atoms with van der Waals surface area (Å²) in [6.45, 7) is 4.95. The number of benzene rings is 6. The van der Waals surface area contributed by atoms with Crippen molar-refractivity contribution in [3.8, 4) is 67.3 Å². The summed E-state index contributed by atoms with van der Waals surface area (Å²) in [5.74, 6) is 0.720. The molecule has 45 heavy (non-hydrogen) atoms. The molecule has 7 aromatic rings. The molecule has 8 rings (SSSR count). The zero-order chi connectivity index (χ0) is 30.4. The first-order chi connectivity index (χ1) is 22.1. The summed E-state index contributed by atoms with van der Waals surface area (Å²) < 4.78 is 0. The molecule has 0 radical (unpaired) electrons. The first kappa shape index (κ1) is 27.2. The normalized spacial score (nSPS) is 12.8. The van der Waals surface area contributed by atoms with E-state index in [1.165, 1.54) is 38.2 Å². The molecule has 0 aliphatic carbocycles. The molecule has 1 aliphatic rings. The van der Waals surface area contributed by atoms with Gasteiger partial charge in [0.2, 0.25) is 0 Å². The van der Waals surface area contributed by atoms with Gasteiger partial charge in [-0.2, -0.15) is 0 Å². The molecule has 1 aliphatic heterocycles. The van der Waals surface area contributed by atoms with Gasteiger partial charge in [-0.25, -0.2) is 9.97 Å². The van der Waals surface area contributed by atoms with Crippen molar-refractivity contribution < 1.29 is 0 Å². The van der Waals surface area contributed by atoms with Crippen LogP contribution in [0.1, 0.15) is 0 Å². The van der Waals surface area contributed by atoms with Crippen LogP contribution in [0.25, 0.3) is 67.3 Å². The Labute approximate surface area is 265 Å². The molecule has 0 spiro atoms. The Kier molecular flexibility index (Phi) is 6.62. The van der Waals surface area contributed by atoms with Crippen molar-refractivity contribution in [2.75, 3.05) is 0 Å². The van der Waals surface area contributed by atoms with E-state index in [1.54, 1.807) is 0 Å². The smallest absolute Gasteiger partial charge is 0.160 e. The Morgan fingerprint density at radius 2 is 0.844 bits per heavy atom. The second-order valence-electron chi connectivity index (χ2n) is 12.3. The summed E-state index contributed by atoms with van der Waals surface area (Å²) in [5.41, 5.74) is 12.7. The number of hydrogen-bond donors (Lipinski definition) is 0. The molecular formula is C42H32N2Si. The fourth-order valence-corrected chi connectivity index (χ4v) is 9.88. The Morgan fingerprint density at radius 3 is 1.51 bits per heavy atom. The second-order valence-corrected chi connectivity index (χ2v) is 16.6. The van der Waals surface area contributed by atoms with Gasteiger partial charge in [-0.3, -0.25) is 0 Å². The van der Waals surface area contributed by atoms with Crippen LogP contribution in [-0.4, -0.2) is 18.0 Å². The molecule has 0 amide bonds. The average molecular weight is 593 g/mol. The topological polar surface area (TPSA) is 25.8 Å². The van der Waals surface area contributed by atoms with Gasteiger partial charge in [-0.15, -0.1) is 0 Å². The van der Waals surface area contributed by atoms with Gasteiger partial charge in [-0.1, -0.05) is 153 Å². The van der Waals surface area contributed by atoms with Crippen LogP contribution in [0.2, 0.25) is 13.1 Å². The van der Waals surface area contributed by atoms with Crippen LogP contribution < -0.4 is 10.4 Å². The Bertz CT molecular complexity index is 2130. The van der Waals surface area contributed by atoms with E-state index in [0.29, 0.717) is 0 Å². The quantitative estimate of drug-likeness (QED) is 0.186. The third-order valence-corrected chi connectivity index (χ3v) is 12.6. The molecule has 2 nitrogen and oxygen atoms in total. The zero-order valence-electron chi connectivity index (χ0n) is 25.4. The molecular weight excluding hydrogens is 561 g/mol. The van der Waals surface area contributed by atoms with E-state index >= 15 is 0 Å². The molecule has 0 unspecified atom stereocenters. The van der Waals surface area contributed by atoms with E-state index < -0.39 is 8.07 Å². The standard InChI is InChI=1S/C42H32N2Si/c1-45(2)39-24-10-9-22-36(39)41-35(23-13-25-40(41)45)33-20-11-18-31(26-33)32-19-12-21-34(27-32)42-43-37(29-14-5-3-6-15-29)28-38(44-42)30-16-7-4-8-17-30/h3-28H,1-2H3. The summed E-state index contributed by atoms with van der Waals surface area (Å²) in [4.78, 5) is 10.1. The van der Waals surface area contributed by atoms with Crippen LogP contribution in [0.5, 0.6) is 0 Å². The number of aromatic nitrogens is 2. The summed E-state index contributed by atoms with van der Waals surface area (Å²) in [7, 11) is -1.74. The van der Waals surface area contributed by atoms with Crippen molar-refractivity contribution in [3.63, 3.8) is 0 Å². The van der Waals surface area contributed by atoms with Gasteiger partial charge in [0.15, 0.2) is 5.82 Å². The monoisotopic (exact) mass is 592 g/mol. The molecule has 0 bridgehead atoms. The van der Waals surface area contributed by atoms with Gasteiger partial charge in [0.05, 0.1) is 11.4 Å². The summed E-state index contributed by atoms with van der Waals surface area (Å²) in [6, 6.07) is 56.3. The van der Waals surface area contributed by atoms with Crippen molar-refractivity contribution in [2.45, 2.75) is 13.1 Å². The average Bonchev–Trinajstić information content (AvgIpc) is 3.35. The first-order valence-corrected chi connectivity index (χ1v) is 18.5. The first-order valence-electron chi connectivity index (χ1n) is 15.5. The van der Waals surface area contributed by atoms with Crippen molar-refractivity contribution in [3.05, 3.63) is 158 Å². The molecule has 0 saturated carbocycles. The third kappa shape index (κ3) is 4.82. The van der Waals surface area contributed by atoms with Crippen LogP contribution >= 0.6 is 0 Å². The minimum absolute atomic E-state index is 0.720. The highest BCUT2D eigenvalue weighted by atomic mass is 28.3. The van der Waals surface area contributed by atoms with Crippen molar-refractivity contribution in [1.29, 1.82) is 0 Å². The van der Waals surface area contributed by atoms with Crippen LogP contribution in [0.3, 0.4) is 0 Å². The SMILES string of the molecule is C[Si]1(C)c2ccccc2-c2c(-c3cccc(-c4cccc(-c5nc(-c6ccccc6)cc(-c6ccccc6)n5)c4)c3)cccc21. The predicted molar refractivity (Wildman–Crippen MR) is 191 cm³/mol. The Morgan fingerprint density at radius 1 is 0.378 bits per heavy atom. The zero-order valence-corrected chi connectivity index (χ0v) is 26.4. The summed E-state index contributed by atoms with van der Waals surface area (Å²) in [6.07, 6.45) is 0. The highest BCUT2D eigenvalue weighted by Crippen LogP contribution is 2.38. The van der Waals surface area contributed by atoms with Crippen molar-refractivity contribution in [2.24, 2.45) is 0 Å². The van der Waals surface area contributed by atoms with Gasteiger partial charge >= 0.3 is 0 Å². The lowest BCUT2D eigenvalue weighted by atomic mass is 9.92. The van der Waals surface area contributed by atoms with E-state index in [1.807, 2.05) is 12.1 Å². The van der Waals surface area contributed by atoms with E-state index in [0.717, 1.165) is 39.5 Å². The van der Waals surface area contributed by atoms with Crippen LogP contribution in [0, 0.1) is 0 Å². The maximum Gasteiger partial charge on any atom is 0.160 e. The fraction of sp³-hybridized carbons (Fsp3) is 0.0476. The Balaban J connectivity index is 1.22. The number of fused-ring (bicyclic) bond motifs is 3. The molecule has 0 fully saturated rings. The van der Waals surface area contributed by atoms with Gasteiger partial charge in [0.25, 0.3) is 0 Å². The molecule has 0 N–H and O–H groups in total. The van der Waals surface area contributed by atoms with Gasteiger partial charge < -0.3 is 0 Å². The summed E-state index contributed by atoms with van der Waals surface area (Å²) in [5, 5.41) is 3.06. The summed E-state index contributed by atoms with van der Waals surface area (Å²) >= 11 is 0. The van der Waals surface area contributed by atoms with Crippen molar-refractivity contribution >= 4 is 18.4 Å². The third-order valence-electron chi connectivity index (χ3n) is 9.10. The van der Waals surface area contributed by atoms with Crippen molar-refractivity contribution in [1.82, 2.24) is 9.97 Å². The molecule has 214 valence electrons. The van der Waals surface area contributed by atoms with Crippen LogP contribution in [0.15, 0.2) is 158 Å². The minimum Gasteiger partial charge on any atom is -0.228 e. The van der Waals surface area contributed by atoms with Gasteiger partial charge in [0.1, 0.15) is 8.07 Å². The molecule has 3 heteroatoms. The molecule has 1 aromatic heterocycles. The number of rotatable bonds is 5. The lowest BCUT2D eigenvalue weighted by Gasteiger charge is -2.19. The number of nitrogens with zero attached hydrogens (tertiary/aromatic N) is 2. The van der Waals surface area contributed by atoms with Gasteiger partial charge in [0, 0.05) is 16.7 Å². The van der Waals surface area contributed by atoms with E-state index in [9.17, 15) is 0 Å². The van der Waals surface area contributed by atoms with Crippen LogP contribution in [0.4, 0.5) is 0 Å².